The number of nitrogens with zero attached hydrogens (tertiary/aromatic N) is 4. The molecule has 6 nitrogen and oxygen atoms in total. The highest BCUT2D eigenvalue weighted by Crippen LogP contribution is 2.23. The number of hydrogen-bond acceptors (Lipinski definition) is 5. The number of hydrogen-bond donors (Lipinski definition) is 2. The van der Waals surface area contributed by atoms with Crippen LogP contribution in [0.5, 0.6) is 0 Å². The van der Waals surface area contributed by atoms with Crippen molar-refractivity contribution in [3.8, 4) is 11.4 Å². The van der Waals surface area contributed by atoms with E-state index in [9.17, 15) is 0 Å². The molecule has 1 fully saturated rings. The average molecular weight is 272 g/mol. The molecule has 2 aromatic heterocycles. The Kier molecular flexibility index (Phi) is 3.64. The van der Waals surface area contributed by atoms with Gasteiger partial charge in [0.1, 0.15) is 0 Å². The summed E-state index contributed by atoms with van der Waals surface area (Å²) in [5.74, 6) is 2.18. The van der Waals surface area contributed by atoms with Gasteiger partial charge in [0, 0.05) is 37.1 Å². The first-order chi connectivity index (χ1) is 9.74. The normalized spacial score (nSPS) is 18.2. The van der Waals surface area contributed by atoms with E-state index < -0.39 is 0 Å². The Labute approximate surface area is 118 Å². The van der Waals surface area contributed by atoms with Gasteiger partial charge in [0.15, 0.2) is 5.82 Å². The van der Waals surface area contributed by atoms with Gasteiger partial charge in [-0.05, 0) is 37.8 Å². The van der Waals surface area contributed by atoms with E-state index in [0.717, 1.165) is 43.3 Å². The predicted molar refractivity (Wildman–Crippen MR) is 78.2 cm³/mol. The molecule has 0 bridgehead atoms. The van der Waals surface area contributed by atoms with Crippen molar-refractivity contribution in [3.63, 3.8) is 0 Å². The zero-order valence-electron chi connectivity index (χ0n) is 11.7. The summed E-state index contributed by atoms with van der Waals surface area (Å²) in [6.45, 7) is 4.04. The number of nitrogens with two attached hydrogens (primary N) is 1. The van der Waals surface area contributed by atoms with Crippen molar-refractivity contribution in [2.24, 2.45) is 11.7 Å². The number of pyridine rings is 1. The van der Waals surface area contributed by atoms with Crippen molar-refractivity contribution < 1.29 is 0 Å². The third-order valence-corrected chi connectivity index (χ3v) is 3.99. The number of anilines is 1. The van der Waals surface area contributed by atoms with Gasteiger partial charge in [0.2, 0.25) is 5.95 Å². The molecule has 2 aromatic rings. The van der Waals surface area contributed by atoms with Crippen LogP contribution in [0.2, 0.25) is 0 Å². The highest BCUT2D eigenvalue weighted by Gasteiger charge is 2.24. The van der Waals surface area contributed by atoms with E-state index in [2.05, 4.69) is 32.0 Å². The van der Waals surface area contributed by atoms with Crippen LogP contribution in [-0.4, -0.2) is 39.3 Å². The maximum atomic E-state index is 5.97. The highest BCUT2D eigenvalue weighted by atomic mass is 15.4. The van der Waals surface area contributed by atoms with Crippen molar-refractivity contribution in [2.45, 2.75) is 25.8 Å². The summed E-state index contributed by atoms with van der Waals surface area (Å²) in [4.78, 5) is 10.8. The number of piperidine rings is 1. The van der Waals surface area contributed by atoms with Crippen LogP contribution >= 0.6 is 0 Å². The third-order valence-electron chi connectivity index (χ3n) is 3.99. The Balaban J connectivity index is 1.69. The molecular formula is C14H20N6. The van der Waals surface area contributed by atoms with Gasteiger partial charge in [-0.2, -0.15) is 4.98 Å². The minimum Gasteiger partial charge on any atom is -0.340 e. The number of aromatic amines is 1. The van der Waals surface area contributed by atoms with Gasteiger partial charge in [-0.15, -0.1) is 5.10 Å². The Morgan fingerprint density at radius 3 is 2.65 bits per heavy atom. The summed E-state index contributed by atoms with van der Waals surface area (Å²) in [6.07, 6.45) is 5.73. The minimum absolute atomic E-state index is 0.275. The molecule has 1 unspecified atom stereocenters. The Morgan fingerprint density at radius 1 is 1.30 bits per heavy atom. The molecule has 20 heavy (non-hydrogen) atoms. The number of aromatic nitrogens is 4. The van der Waals surface area contributed by atoms with Crippen molar-refractivity contribution in [3.05, 3.63) is 24.5 Å². The van der Waals surface area contributed by atoms with Crippen LogP contribution in [0.1, 0.15) is 19.8 Å². The molecule has 3 N–H and O–H groups in total. The monoisotopic (exact) mass is 272 g/mol. The SMILES string of the molecule is CC(N)C1CCN(c2n[nH]c(-c3ccncc3)n2)CC1. The Bertz CT molecular complexity index is 542. The van der Waals surface area contributed by atoms with Crippen LogP contribution in [0, 0.1) is 5.92 Å². The maximum absolute atomic E-state index is 5.97. The standard InChI is InChI=1S/C14H20N6/c1-10(15)11-4-8-20(9-5-11)14-17-13(18-19-14)12-2-6-16-7-3-12/h2-3,6-7,10-11H,4-5,8-9,15H2,1H3,(H,17,18,19). The largest absolute Gasteiger partial charge is 0.340 e. The fourth-order valence-corrected chi connectivity index (χ4v) is 2.66. The topological polar surface area (TPSA) is 83.7 Å². The average Bonchev–Trinajstić information content (AvgIpc) is 2.98. The number of nitrogens with one attached hydrogen (secondary N) is 1. The lowest BCUT2D eigenvalue weighted by atomic mass is 9.91. The highest BCUT2D eigenvalue weighted by molar-refractivity contribution is 5.55. The van der Waals surface area contributed by atoms with E-state index in [1.165, 1.54) is 0 Å². The van der Waals surface area contributed by atoms with Gasteiger partial charge in [0.05, 0.1) is 0 Å². The first-order valence-corrected chi connectivity index (χ1v) is 7.07. The van der Waals surface area contributed by atoms with Crippen LogP contribution in [0.25, 0.3) is 11.4 Å². The van der Waals surface area contributed by atoms with E-state index in [-0.39, 0.29) is 6.04 Å². The zero-order valence-corrected chi connectivity index (χ0v) is 11.7. The quantitative estimate of drug-likeness (QED) is 0.883. The van der Waals surface area contributed by atoms with Crippen LogP contribution in [0.3, 0.4) is 0 Å². The summed E-state index contributed by atoms with van der Waals surface area (Å²) in [6, 6.07) is 4.12. The lowest BCUT2D eigenvalue weighted by molar-refractivity contribution is 0.352. The lowest BCUT2D eigenvalue weighted by Crippen LogP contribution is -2.40. The smallest absolute Gasteiger partial charge is 0.245 e. The first-order valence-electron chi connectivity index (χ1n) is 7.07. The number of rotatable bonds is 3. The van der Waals surface area contributed by atoms with Crippen LogP contribution in [-0.2, 0) is 0 Å². The molecule has 0 amide bonds. The maximum Gasteiger partial charge on any atom is 0.245 e. The Morgan fingerprint density at radius 2 is 2.00 bits per heavy atom. The molecule has 0 spiro atoms. The summed E-state index contributed by atoms with van der Waals surface area (Å²) < 4.78 is 0. The Hall–Kier alpha value is -1.95. The van der Waals surface area contributed by atoms with Crippen molar-refractivity contribution in [1.29, 1.82) is 0 Å². The molecule has 0 saturated carbocycles. The lowest BCUT2D eigenvalue weighted by Gasteiger charge is -2.32. The molecule has 1 aliphatic heterocycles. The summed E-state index contributed by atoms with van der Waals surface area (Å²) in [5, 5.41) is 7.32. The molecule has 106 valence electrons. The summed E-state index contributed by atoms with van der Waals surface area (Å²) in [7, 11) is 0. The van der Waals surface area contributed by atoms with Crippen molar-refractivity contribution >= 4 is 5.95 Å². The van der Waals surface area contributed by atoms with E-state index in [4.69, 9.17) is 5.73 Å². The molecule has 0 radical (unpaired) electrons. The second-order valence-corrected chi connectivity index (χ2v) is 5.40. The van der Waals surface area contributed by atoms with Crippen LogP contribution in [0.15, 0.2) is 24.5 Å². The predicted octanol–water partition coefficient (Wildman–Crippen LogP) is 1.43. The van der Waals surface area contributed by atoms with Crippen LogP contribution in [0.4, 0.5) is 5.95 Å². The molecule has 1 aliphatic rings. The van der Waals surface area contributed by atoms with Gasteiger partial charge in [-0.25, -0.2) is 0 Å². The molecule has 3 rings (SSSR count). The summed E-state index contributed by atoms with van der Waals surface area (Å²) >= 11 is 0. The molecule has 1 atom stereocenters. The van der Waals surface area contributed by atoms with Gasteiger partial charge in [-0.1, -0.05) is 0 Å². The minimum atomic E-state index is 0.275. The molecular weight excluding hydrogens is 252 g/mol. The van der Waals surface area contributed by atoms with Gasteiger partial charge < -0.3 is 10.6 Å². The van der Waals surface area contributed by atoms with E-state index in [1.54, 1.807) is 12.4 Å². The van der Waals surface area contributed by atoms with Gasteiger partial charge in [-0.3, -0.25) is 10.1 Å². The molecule has 1 saturated heterocycles. The van der Waals surface area contributed by atoms with Gasteiger partial charge in [0.25, 0.3) is 0 Å². The second-order valence-electron chi connectivity index (χ2n) is 5.40. The fourth-order valence-electron chi connectivity index (χ4n) is 2.66. The zero-order chi connectivity index (χ0) is 13.9. The molecule has 6 heteroatoms. The van der Waals surface area contributed by atoms with E-state index in [1.807, 2.05) is 12.1 Å². The second kappa shape index (κ2) is 5.58. The van der Waals surface area contributed by atoms with E-state index >= 15 is 0 Å². The number of H-pyrrole nitrogens is 1. The first kappa shape index (κ1) is 13.1. The molecule has 0 aliphatic carbocycles. The third kappa shape index (κ3) is 2.65. The summed E-state index contributed by atoms with van der Waals surface area (Å²) in [5.41, 5.74) is 6.97. The molecule has 3 heterocycles. The van der Waals surface area contributed by atoms with Crippen LogP contribution < -0.4 is 10.6 Å². The molecule has 0 aromatic carbocycles. The van der Waals surface area contributed by atoms with E-state index in [0.29, 0.717) is 5.92 Å². The van der Waals surface area contributed by atoms with Gasteiger partial charge >= 0.3 is 0 Å². The van der Waals surface area contributed by atoms with Crippen molar-refractivity contribution in [1.82, 2.24) is 20.2 Å². The fraction of sp³-hybridized carbons (Fsp3) is 0.500. The van der Waals surface area contributed by atoms with Crippen molar-refractivity contribution in [2.75, 3.05) is 18.0 Å².